The summed E-state index contributed by atoms with van der Waals surface area (Å²) in [5.41, 5.74) is 1.62. The van der Waals surface area contributed by atoms with Crippen LogP contribution in [0.4, 0.5) is 0 Å². The van der Waals surface area contributed by atoms with Gasteiger partial charge >= 0.3 is 11.9 Å². The van der Waals surface area contributed by atoms with Crippen molar-refractivity contribution in [3.8, 4) is 33.9 Å². The molecule has 2 N–H and O–H groups in total. The van der Waals surface area contributed by atoms with Crippen molar-refractivity contribution in [2.45, 2.75) is 12.3 Å². The van der Waals surface area contributed by atoms with Gasteiger partial charge in [0.2, 0.25) is 5.43 Å². The first-order valence-corrected chi connectivity index (χ1v) is 11.9. The van der Waals surface area contributed by atoms with Crippen LogP contribution in [0.3, 0.4) is 0 Å². The monoisotopic (exact) mass is 528 g/mol. The molecule has 2 aromatic heterocycles. The van der Waals surface area contributed by atoms with Crippen LogP contribution in [0.15, 0.2) is 86.6 Å². The Hall–Kier alpha value is -4.82. The standard InChI is InChI=1S/C29H17ClO8/c30-17-7-5-14(6-8-17)19-13-36-28-25-18(11-24(32)38-23(25)12-20(31)26(28)27(19)33)22-10-9-21(37-22)15-1-3-16(4-2-15)29(34)35/h1-10,12-13,18,31H,11H2,(H,34,35)/t18-/m0/s1. The number of hydrogen-bond donors (Lipinski definition) is 2. The fourth-order valence-corrected chi connectivity index (χ4v) is 4.80. The van der Waals surface area contributed by atoms with E-state index in [-0.39, 0.29) is 40.0 Å². The van der Waals surface area contributed by atoms with Gasteiger partial charge < -0.3 is 23.8 Å². The molecule has 3 aromatic carbocycles. The highest BCUT2D eigenvalue weighted by Gasteiger charge is 2.35. The maximum Gasteiger partial charge on any atom is 0.335 e. The van der Waals surface area contributed by atoms with Crippen molar-refractivity contribution in [2.75, 3.05) is 0 Å². The van der Waals surface area contributed by atoms with Crippen molar-refractivity contribution in [3.63, 3.8) is 0 Å². The highest BCUT2D eigenvalue weighted by atomic mass is 35.5. The average molecular weight is 529 g/mol. The molecule has 1 aliphatic heterocycles. The predicted octanol–water partition coefficient (Wildman–Crippen LogP) is 6.22. The van der Waals surface area contributed by atoms with Crippen molar-refractivity contribution < 1.29 is 33.4 Å². The Morgan fingerprint density at radius 1 is 0.947 bits per heavy atom. The van der Waals surface area contributed by atoms with Crippen molar-refractivity contribution in [3.05, 3.63) is 105 Å². The summed E-state index contributed by atoms with van der Waals surface area (Å²) in [6.45, 7) is 0. The molecule has 3 heterocycles. The van der Waals surface area contributed by atoms with E-state index in [4.69, 9.17) is 30.3 Å². The Balaban J connectivity index is 1.48. The third-order valence-electron chi connectivity index (χ3n) is 6.51. The molecule has 5 aromatic rings. The molecule has 0 bridgehead atoms. The van der Waals surface area contributed by atoms with Crippen LogP contribution in [0.1, 0.15) is 34.0 Å². The molecule has 8 nitrogen and oxygen atoms in total. The first-order chi connectivity index (χ1) is 18.3. The molecule has 0 amide bonds. The maximum atomic E-state index is 13.5. The second kappa shape index (κ2) is 8.93. The summed E-state index contributed by atoms with van der Waals surface area (Å²) in [4.78, 5) is 37.1. The first kappa shape index (κ1) is 23.6. The van der Waals surface area contributed by atoms with E-state index in [1.54, 1.807) is 48.5 Å². The molecule has 6 rings (SSSR count). The van der Waals surface area contributed by atoms with E-state index in [9.17, 15) is 19.5 Å². The number of aromatic carboxylic acids is 1. The van der Waals surface area contributed by atoms with Crippen molar-refractivity contribution in [1.82, 2.24) is 0 Å². The normalized spacial score (nSPS) is 14.8. The number of phenolic OH excluding ortho intramolecular Hbond substituents is 1. The summed E-state index contributed by atoms with van der Waals surface area (Å²) in [6.07, 6.45) is 1.22. The summed E-state index contributed by atoms with van der Waals surface area (Å²) in [6, 6.07) is 17.5. The lowest BCUT2D eigenvalue weighted by Gasteiger charge is -2.24. The predicted molar refractivity (Wildman–Crippen MR) is 138 cm³/mol. The average Bonchev–Trinajstić information content (AvgIpc) is 3.39. The van der Waals surface area contributed by atoms with Crippen LogP contribution in [-0.2, 0) is 4.79 Å². The largest absolute Gasteiger partial charge is 0.507 e. The van der Waals surface area contributed by atoms with Gasteiger partial charge in [0.15, 0.2) is 0 Å². The van der Waals surface area contributed by atoms with E-state index >= 15 is 0 Å². The number of carboxylic acids is 1. The minimum absolute atomic E-state index is 0.0461. The molecule has 0 unspecified atom stereocenters. The third kappa shape index (κ3) is 3.91. The Kier molecular flexibility index (Phi) is 5.54. The van der Waals surface area contributed by atoms with Gasteiger partial charge in [-0.1, -0.05) is 35.9 Å². The fraction of sp³-hybridized carbons (Fsp3) is 0.0690. The number of rotatable bonds is 4. The van der Waals surface area contributed by atoms with Gasteiger partial charge in [-0.2, -0.15) is 0 Å². The highest BCUT2D eigenvalue weighted by Crippen LogP contribution is 2.46. The molecular weight excluding hydrogens is 512 g/mol. The van der Waals surface area contributed by atoms with E-state index in [2.05, 4.69) is 0 Å². The summed E-state index contributed by atoms with van der Waals surface area (Å²) in [7, 11) is 0. The van der Waals surface area contributed by atoms with Gasteiger partial charge in [0, 0.05) is 22.2 Å². The topological polar surface area (TPSA) is 127 Å². The molecule has 1 atom stereocenters. The number of carbonyl (C=O) groups excluding carboxylic acids is 1. The number of halogens is 1. The third-order valence-corrected chi connectivity index (χ3v) is 6.76. The van der Waals surface area contributed by atoms with E-state index in [0.29, 0.717) is 33.2 Å². The summed E-state index contributed by atoms with van der Waals surface area (Å²) in [5.74, 6) is -1.66. The molecule has 1 aliphatic rings. The van der Waals surface area contributed by atoms with Crippen LogP contribution >= 0.6 is 11.6 Å². The van der Waals surface area contributed by atoms with Crippen molar-refractivity contribution in [2.24, 2.45) is 0 Å². The van der Waals surface area contributed by atoms with E-state index < -0.39 is 23.3 Å². The number of esters is 1. The van der Waals surface area contributed by atoms with Crippen LogP contribution in [0, 0.1) is 0 Å². The van der Waals surface area contributed by atoms with Crippen molar-refractivity contribution >= 4 is 34.5 Å². The van der Waals surface area contributed by atoms with E-state index in [1.165, 1.54) is 24.5 Å². The summed E-state index contributed by atoms with van der Waals surface area (Å²) >= 11 is 5.97. The lowest BCUT2D eigenvalue weighted by molar-refractivity contribution is -0.135. The van der Waals surface area contributed by atoms with Crippen LogP contribution in [0.2, 0.25) is 5.02 Å². The molecule has 0 radical (unpaired) electrons. The molecule has 0 saturated heterocycles. The smallest absolute Gasteiger partial charge is 0.335 e. The van der Waals surface area contributed by atoms with E-state index in [1.807, 2.05) is 0 Å². The number of fused-ring (bicyclic) bond motifs is 3. The fourth-order valence-electron chi connectivity index (χ4n) is 4.68. The molecule has 38 heavy (non-hydrogen) atoms. The van der Waals surface area contributed by atoms with Crippen LogP contribution in [-0.4, -0.2) is 22.2 Å². The Morgan fingerprint density at radius 3 is 2.37 bits per heavy atom. The molecular formula is C29H17ClO8. The molecule has 0 saturated carbocycles. The van der Waals surface area contributed by atoms with Crippen LogP contribution in [0.5, 0.6) is 11.5 Å². The molecule has 0 aliphatic carbocycles. The number of furan rings is 1. The Labute approximate surface area is 219 Å². The highest BCUT2D eigenvalue weighted by molar-refractivity contribution is 6.30. The number of aromatic hydroxyl groups is 1. The number of carbonyl (C=O) groups is 2. The number of ether oxygens (including phenoxy) is 1. The van der Waals surface area contributed by atoms with Gasteiger partial charge in [0.05, 0.1) is 23.5 Å². The second-order valence-electron chi connectivity index (χ2n) is 8.81. The van der Waals surface area contributed by atoms with Gasteiger partial charge in [-0.3, -0.25) is 9.59 Å². The number of carboxylic acid groups (broad SMARTS) is 1. The lowest BCUT2D eigenvalue weighted by atomic mass is 9.88. The summed E-state index contributed by atoms with van der Waals surface area (Å²) < 4.78 is 17.4. The van der Waals surface area contributed by atoms with E-state index in [0.717, 1.165) is 0 Å². The van der Waals surface area contributed by atoms with Crippen LogP contribution < -0.4 is 10.2 Å². The lowest BCUT2D eigenvalue weighted by Crippen LogP contribution is -2.21. The summed E-state index contributed by atoms with van der Waals surface area (Å²) in [5, 5.41) is 20.3. The zero-order chi connectivity index (χ0) is 26.6. The van der Waals surface area contributed by atoms with Gasteiger partial charge in [-0.25, -0.2) is 4.79 Å². The Morgan fingerprint density at radius 2 is 1.66 bits per heavy atom. The molecule has 188 valence electrons. The quantitative estimate of drug-likeness (QED) is 0.208. The zero-order valence-electron chi connectivity index (χ0n) is 19.4. The van der Waals surface area contributed by atoms with Gasteiger partial charge in [-0.15, -0.1) is 0 Å². The van der Waals surface area contributed by atoms with Gasteiger partial charge in [-0.05, 0) is 42.0 Å². The minimum atomic E-state index is -1.04. The van der Waals surface area contributed by atoms with Gasteiger partial charge in [0.25, 0.3) is 0 Å². The first-order valence-electron chi connectivity index (χ1n) is 11.5. The number of phenols is 1. The minimum Gasteiger partial charge on any atom is -0.507 e. The molecule has 0 fully saturated rings. The maximum absolute atomic E-state index is 13.5. The second-order valence-corrected chi connectivity index (χ2v) is 9.25. The van der Waals surface area contributed by atoms with Crippen LogP contribution in [0.25, 0.3) is 33.4 Å². The number of hydrogen-bond acceptors (Lipinski definition) is 7. The number of benzene rings is 3. The SMILES string of the molecule is O=C1C[C@@H](c2ccc(-c3ccc(C(=O)O)cc3)o2)c2c(cc(O)c3c(=O)c(-c4ccc(Cl)cc4)coc23)O1. The van der Waals surface area contributed by atoms with Gasteiger partial charge in [0.1, 0.15) is 40.3 Å². The van der Waals surface area contributed by atoms with Crippen molar-refractivity contribution in [1.29, 1.82) is 0 Å². The molecule has 9 heteroatoms. The Bertz CT molecular complexity index is 1800. The zero-order valence-corrected chi connectivity index (χ0v) is 20.2. The molecule has 0 spiro atoms.